The molecule has 1 aliphatic heterocycles. The van der Waals surface area contributed by atoms with E-state index in [1.54, 1.807) is 10.9 Å². The lowest BCUT2D eigenvalue weighted by molar-refractivity contribution is 0.0904. The second-order valence-electron chi connectivity index (χ2n) is 8.22. The van der Waals surface area contributed by atoms with E-state index in [2.05, 4.69) is 30.7 Å². The molecule has 11 heteroatoms. The maximum absolute atomic E-state index is 14.1. The molecule has 1 saturated heterocycles. The molecule has 0 bridgehead atoms. The molecule has 0 aliphatic carbocycles. The van der Waals surface area contributed by atoms with Crippen molar-refractivity contribution in [2.75, 3.05) is 23.8 Å². The molecule has 0 spiro atoms. The fraction of sp³-hybridized carbons (Fsp3) is 0.250. The Labute approximate surface area is 200 Å². The van der Waals surface area contributed by atoms with Crippen LogP contribution in [0.15, 0.2) is 53.8 Å². The minimum Gasteiger partial charge on any atom is -0.383 e. The number of benzene rings is 2. The van der Waals surface area contributed by atoms with Gasteiger partial charge < -0.3 is 21.1 Å². The fourth-order valence-electron chi connectivity index (χ4n) is 3.92. The number of nitrogens with zero attached hydrogens (tertiary/aromatic N) is 5. The highest BCUT2D eigenvalue weighted by molar-refractivity contribution is 6.03. The number of hydrogen-bond acceptors (Lipinski definition) is 7. The number of aryl methyl sites for hydroxylation is 1. The number of rotatable bonds is 6. The number of para-hydroxylation sites is 1. The number of fused-ring (bicyclic) bond motifs is 1. The van der Waals surface area contributed by atoms with E-state index in [0.717, 1.165) is 41.6 Å². The van der Waals surface area contributed by atoms with E-state index in [4.69, 9.17) is 10.5 Å². The van der Waals surface area contributed by atoms with E-state index >= 15 is 0 Å². The number of halogens is 2. The third-order valence-corrected chi connectivity index (χ3v) is 5.80. The van der Waals surface area contributed by atoms with Crippen LogP contribution in [0.25, 0.3) is 10.9 Å². The molecule has 0 amide bonds. The Morgan fingerprint density at radius 3 is 2.69 bits per heavy atom. The van der Waals surface area contributed by atoms with Crippen molar-refractivity contribution in [1.82, 2.24) is 19.7 Å². The minimum absolute atomic E-state index is 0.0926. The van der Waals surface area contributed by atoms with E-state index in [1.807, 2.05) is 25.2 Å². The van der Waals surface area contributed by atoms with Gasteiger partial charge in [-0.05, 0) is 43.2 Å². The maximum Gasteiger partial charge on any atom is 0.229 e. The van der Waals surface area contributed by atoms with Crippen molar-refractivity contribution in [3.8, 4) is 0 Å². The molecule has 2 aromatic carbocycles. The monoisotopic (exact) mass is 478 g/mol. The standard InChI is InChI=1S/C24H24F2N8O/c1-34-20-6-5-16(11-14(20)12-29-34)31-24-28-13-17(23(33-24)30-15-7-9-35-10-8-15)22(27)32-21-18(25)3-2-4-19(21)26/h2-6,11-13,15H,7-10H2,1H3,(H2,27,32)(H2,28,30,31,33). The maximum atomic E-state index is 14.1. The summed E-state index contributed by atoms with van der Waals surface area (Å²) in [7, 11) is 1.88. The van der Waals surface area contributed by atoms with Crippen LogP contribution in [0.2, 0.25) is 0 Å². The molecule has 1 fully saturated rings. The largest absolute Gasteiger partial charge is 0.383 e. The third kappa shape index (κ3) is 4.90. The first kappa shape index (κ1) is 22.7. The molecule has 4 N–H and O–H groups in total. The first-order valence-corrected chi connectivity index (χ1v) is 11.2. The lowest BCUT2D eigenvalue weighted by Crippen LogP contribution is -2.30. The Morgan fingerprint density at radius 1 is 1.14 bits per heavy atom. The average molecular weight is 479 g/mol. The second kappa shape index (κ2) is 9.63. The Balaban J connectivity index is 1.48. The summed E-state index contributed by atoms with van der Waals surface area (Å²) in [6.07, 6.45) is 4.82. The van der Waals surface area contributed by atoms with Gasteiger partial charge in [0.2, 0.25) is 5.95 Å². The molecule has 1 aliphatic rings. The van der Waals surface area contributed by atoms with Crippen LogP contribution in [0.1, 0.15) is 18.4 Å². The van der Waals surface area contributed by atoms with E-state index < -0.39 is 17.3 Å². The van der Waals surface area contributed by atoms with Crippen molar-refractivity contribution in [3.05, 3.63) is 66.0 Å². The van der Waals surface area contributed by atoms with Gasteiger partial charge in [-0.3, -0.25) is 4.68 Å². The molecule has 2 aromatic heterocycles. The van der Waals surface area contributed by atoms with E-state index in [-0.39, 0.29) is 11.9 Å². The molecule has 9 nitrogen and oxygen atoms in total. The molecule has 0 atom stereocenters. The zero-order valence-corrected chi connectivity index (χ0v) is 19.0. The molecule has 0 radical (unpaired) electrons. The summed E-state index contributed by atoms with van der Waals surface area (Å²) in [4.78, 5) is 13.0. The molecule has 3 heterocycles. The third-order valence-electron chi connectivity index (χ3n) is 5.80. The summed E-state index contributed by atoms with van der Waals surface area (Å²) in [5.74, 6) is -0.980. The van der Waals surface area contributed by atoms with E-state index in [9.17, 15) is 8.78 Å². The van der Waals surface area contributed by atoms with Crippen LogP contribution < -0.4 is 16.4 Å². The quantitative estimate of drug-likeness (QED) is 0.283. The molecule has 35 heavy (non-hydrogen) atoms. The van der Waals surface area contributed by atoms with Crippen molar-refractivity contribution in [1.29, 1.82) is 0 Å². The fourth-order valence-corrected chi connectivity index (χ4v) is 3.92. The highest BCUT2D eigenvalue weighted by Crippen LogP contribution is 2.26. The topological polar surface area (TPSA) is 115 Å². The first-order valence-electron chi connectivity index (χ1n) is 11.2. The number of amidine groups is 1. The zero-order chi connectivity index (χ0) is 24.4. The number of aromatic nitrogens is 4. The normalized spacial score (nSPS) is 14.9. The van der Waals surface area contributed by atoms with Crippen molar-refractivity contribution in [2.24, 2.45) is 17.8 Å². The Bertz CT molecular complexity index is 1380. The summed E-state index contributed by atoms with van der Waals surface area (Å²) < 4.78 is 35.5. The lowest BCUT2D eigenvalue weighted by atomic mass is 10.1. The molecular formula is C24H24F2N8O. The number of ether oxygens (including phenoxy) is 1. The van der Waals surface area contributed by atoms with E-state index in [0.29, 0.717) is 30.5 Å². The summed E-state index contributed by atoms with van der Waals surface area (Å²) in [6, 6.07) is 9.41. The van der Waals surface area contributed by atoms with Crippen LogP contribution in [-0.2, 0) is 11.8 Å². The first-order chi connectivity index (χ1) is 17.0. The number of aliphatic imine (C=N–C) groups is 1. The van der Waals surface area contributed by atoms with Crippen molar-refractivity contribution >= 4 is 39.9 Å². The Hall–Kier alpha value is -4.12. The van der Waals surface area contributed by atoms with Gasteiger partial charge >= 0.3 is 0 Å². The van der Waals surface area contributed by atoms with Crippen molar-refractivity contribution in [2.45, 2.75) is 18.9 Å². The van der Waals surface area contributed by atoms with Gasteiger partial charge in [0, 0.05) is 43.6 Å². The second-order valence-corrected chi connectivity index (χ2v) is 8.22. The summed E-state index contributed by atoms with van der Waals surface area (Å²) >= 11 is 0. The van der Waals surface area contributed by atoms with Crippen LogP contribution in [-0.4, -0.2) is 44.8 Å². The molecular weight excluding hydrogens is 454 g/mol. The van der Waals surface area contributed by atoms with Gasteiger partial charge in [0.25, 0.3) is 0 Å². The Morgan fingerprint density at radius 2 is 1.91 bits per heavy atom. The number of nitrogens with one attached hydrogen (secondary N) is 2. The molecule has 180 valence electrons. The molecule has 0 unspecified atom stereocenters. The van der Waals surface area contributed by atoms with Crippen LogP contribution in [0, 0.1) is 11.6 Å². The van der Waals surface area contributed by atoms with Crippen LogP contribution in [0.4, 0.5) is 31.9 Å². The average Bonchev–Trinajstić information content (AvgIpc) is 3.22. The zero-order valence-electron chi connectivity index (χ0n) is 19.0. The van der Waals surface area contributed by atoms with Gasteiger partial charge in [-0.2, -0.15) is 10.1 Å². The lowest BCUT2D eigenvalue weighted by Gasteiger charge is -2.24. The number of nitrogens with two attached hydrogens (primary N) is 1. The SMILES string of the molecule is Cn1ncc2cc(Nc3ncc(C(N)=Nc4c(F)cccc4F)c(NC4CCOCC4)n3)ccc21. The van der Waals surface area contributed by atoms with Crippen molar-refractivity contribution < 1.29 is 13.5 Å². The summed E-state index contributed by atoms with van der Waals surface area (Å²) in [5, 5.41) is 11.8. The van der Waals surface area contributed by atoms with Gasteiger partial charge in [-0.15, -0.1) is 0 Å². The molecule has 5 rings (SSSR count). The number of hydrogen-bond donors (Lipinski definition) is 3. The summed E-state index contributed by atoms with van der Waals surface area (Å²) in [6.45, 7) is 1.25. The van der Waals surface area contributed by atoms with Crippen molar-refractivity contribution in [3.63, 3.8) is 0 Å². The Kier molecular flexibility index (Phi) is 6.23. The van der Waals surface area contributed by atoms with E-state index in [1.165, 1.54) is 12.3 Å². The van der Waals surface area contributed by atoms with Crippen LogP contribution in [0.5, 0.6) is 0 Å². The predicted octanol–water partition coefficient (Wildman–Crippen LogP) is 4.01. The highest BCUT2D eigenvalue weighted by atomic mass is 19.1. The summed E-state index contributed by atoms with van der Waals surface area (Å²) in [5.41, 5.74) is 7.84. The van der Waals surface area contributed by atoms with Gasteiger partial charge in [0.05, 0.1) is 17.3 Å². The van der Waals surface area contributed by atoms with Gasteiger partial charge in [0.1, 0.15) is 17.3 Å². The minimum atomic E-state index is -0.808. The number of anilines is 3. The van der Waals surface area contributed by atoms with Gasteiger partial charge in [-0.25, -0.2) is 18.8 Å². The van der Waals surface area contributed by atoms with Gasteiger partial charge in [0.15, 0.2) is 11.6 Å². The highest BCUT2D eigenvalue weighted by Gasteiger charge is 2.19. The predicted molar refractivity (Wildman–Crippen MR) is 130 cm³/mol. The smallest absolute Gasteiger partial charge is 0.229 e. The van der Waals surface area contributed by atoms with Crippen LogP contribution in [0.3, 0.4) is 0 Å². The van der Waals surface area contributed by atoms with Crippen LogP contribution >= 0.6 is 0 Å². The van der Waals surface area contributed by atoms with Gasteiger partial charge in [-0.1, -0.05) is 6.07 Å². The molecule has 0 saturated carbocycles. The molecule has 4 aromatic rings.